The van der Waals surface area contributed by atoms with Gasteiger partial charge in [-0.3, -0.25) is 0 Å². The summed E-state index contributed by atoms with van der Waals surface area (Å²) in [4.78, 5) is 0. The molecule has 0 saturated carbocycles. The molecule has 0 aliphatic heterocycles. The van der Waals surface area contributed by atoms with Crippen molar-refractivity contribution in [3.05, 3.63) is 70.5 Å². The number of nitriles is 2. The van der Waals surface area contributed by atoms with Crippen LogP contribution in [-0.2, 0) is 13.1 Å². The third-order valence-electron chi connectivity index (χ3n) is 2.90. The van der Waals surface area contributed by atoms with Crippen molar-refractivity contribution < 1.29 is 4.39 Å². The lowest BCUT2D eigenvalue weighted by Crippen LogP contribution is -2.14. The van der Waals surface area contributed by atoms with Crippen molar-refractivity contribution in [1.29, 1.82) is 10.5 Å². The second-order valence-corrected chi connectivity index (χ2v) is 4.31. The molecule has 2 aromatic carbocycles. The highest BCUT2D eigenvalue weighted by atomic mass is 19.1. The summed E-state index contributed by atoms with van der Waals surface area (Å²) in [5.74, 6) is -0.478. The number of hydrogen-bond donors (Lipinski definition) is 1. The molecule has 0 unspecified atom stereocenters. The third-order valence-corrected chi connectivity index (χ3v) is 2.90. The molecule has 0 bridgehead atoms. The molecule has 4 heteroatoms. The Morgan fingerprint density at radius 1 is 1.00 bits per heavy atom. The minimum absolute atomic E-state index is 0.0516. The Bertz CT molecular complexity index is 696. The van der Waals surface area contributed by atoms with Crippen LogP contribution in [0.3, 0.4) is 0 Å². The predicted octanol–water partition coefficient (Wildman–Crippen LogP) is 2.86. The van der Waals surface area contributed by atoms with Crippen molar-refractivity contribution in [2.75, 3.05) is 0 Å². The molecule has 0 aliphatic carbocycles. The Hall–Kier alpha value is -2.69. The summed E-state index contributed by atoms with van der Waals surface area (Å²) < 4.78 is 13.8. The summed E-state index contributed by atoms with van der Waals surface area (Å²) in [6, 6.07) is 15.9. The van der Waals surface area contributed by atoms with Crippen molar-refractivity contribution in [3.8, 4) is 12.1 Å². The minimum Gasteiger partial charge on any atom is -0.309 e. The maximum atomic E-state index is 13.8. The van der Waals surface area contributed by atoms with E-state index in [0.717, 1.165) is 5.56 Å². The van der Waals surface area contributed by atoms with Gasteiger partial charge in [0, 0.05) is 18.7 Å². The van der Waals surface area contributed by atoms with Crippen molar-refractivity contribution in [2.45, 2.75) is 13.1 Å². The molecule has 2 rings (SSSR count). The minimum atomic E-state index is -0.478. The summed E-state index contributed by atoms with van der Waals surface area (Å²) in [5.41, 5.74) is 2.07. The second kappa shape index (κ2) is 6.47. The summed E-state index contributed by atoms with van der Waals surface area (Å²) in [6.45, 7) is 0.865. The Morgan fingerprint density at radius 2 is 1.80 bits per heavy atom. The van der Waals surface area contributed by atoms with Crippen LogP contribution in [-0.4, -0.2) is 0 Å². The molecular weight excluding hydrogens is 253 g/mol. The smallest absolute Gasteiger partial charge is 0.145 e. The van der Waals surface area contributed by atoms with E-state index in [-0.39, 0.29) is 5.56 Å². The highest BCUT2D eigenvalue weighted by Gasteiger charge is 2.06. The Labute approximate surface area is 116 Å². The van der Waals surface area contributed by atoms with Gasteiger partial charge in [-0.15, -0.1) is 0 Å². The summed E-state index contributed by atoms with van der Waals surface area (Å²) in [7, 11) is 0. The zero-order chi connectivity index (χ0) is 14.4. The van der Waals surface area contributed by atoms with E-state index < -0.39 is 5.82 Å². The molecule has 0 atom stereocenters. The molecule has 20 heavy (non-hydrogen) atoms. The molecule has 98 valence electrons. The van der Waals surface area contributed by atoms with E-state index in [2.05, 4.69) is 11.4 Å². The van der Waals surface area contributed by atoms with Gasteiger partial charge in [0.2, 0.25) is 0 Å². The van der Waals surface area contributed by atoms with E-state index in [1.165, 1.54) is 6.07 Å². The van der Waals surface area contributed by atoms with E-state index in [4.69, 9.17) is 10.5 Å². The molecule has 0 aromatic heterocycles. The van der Waals surface area contributed by atoms with Gasteiger partial charge in [0.25, 0.3) is 0 Å². The third kappa shape index (κ3) is 3.20. The van der Waals surface area contributed by atoms with Gasteiger partial charge in [0.15, 0.2) is 0 Å². The van der Waals surface area contributed by atoms with Crippen molar-refractivity contribution in [3.63, 3.8) is 0 Å². The molecule has 1 N–H and O–H groups in total. The van der Waals surface area contributed by atoms with E-state index in [1.807, 2.05) is 18.2 Å². The SMILES string of the molecule is N#Cc1cccc(CNCc2cccc(C#N)c2F)c1. The van der Waals surface area contributed by atoms with Gasteiger partial charge in [0.1, 0.15) is 11.9 Å². The van der Waals surface area contributed by atoms with Crippen molar-refractivity contribution in [1.82, 2.24) is 5.32 Å². The average molecular weight is 265 g/mol. The molecule has 0 fully saturated rings. The fourth-order valence-electron chi connectivity index (χ4n) is 1.90. The number of hydrogen-bond acceptors (Lipinski definition) is 3. The van der Waals surface area contributed by atoms with Crippen molar-refractivity contribution >= 4 is 0 Å². The highest BCUT2D eigenvalue weighted by molar-refractivity contribution is 5.35. The van der Waals surface area contributed by atoms with Gasteiger partial charge in [-0.05, 0) is 23.8 Å². The lowest BCUT2D eigenvalue weighted by atomic mass is 10.1. The van der Waals surface area contributed by atoms with Gasteiger partial charge in [-0.25, -0.2) is 4.39 Å². The molecule has 0 radical (unpaired) electrons. The summed E-state index contributed by atoms with van der Waals surface area (Å²) in [5, 5.41) is 20.7. The fourth-order valence-corrected chi connectivity index (χ4v) is 1.90. The van der Waals surface area contributed by atoms with Gasteiger partial charge in [0.05, 0.1) is 17.2 Å². The molecular formula is C16H12FN3. The van der Waals surface area contributed by atoms with Crippen LogP contribution in [0.4, 0.5) is 4.39 Å². The average Bonchev–Trinajstić information content (AvgIpc) is 2.49. The van der Waals surface area contributed by atoms with Crippen LogP contribution in [0.15, 0.2) is 42.5 Å². The number of rotatable bonds is 4. The van der Waals surface area contributed by atoms with Gasteiger partial charge in [-0.1, -0.05) is 24.3 Å². The van der Waals surface area contributed by atoms with Crippen LogP contribution in [0.5, 0.6) is 0 Å². The number of halogens is 1. The van der Waals surface area contributed by atoms with E-state index in [0.29, 0.717) is 24.2 Å². The maximum absolute atomic E-state index is 13.8. The Morgan fingerprint density at radius 3 is 2.55 bits per heavy atom. The first kappa shape index (κ1) is 13.7. The summed E-state index contributed by atoms with van der Waals surface area (Å²) in [6.07, 6.45) is 0. The lowest BCUT2D eigenvalue weighted by molar-refractivity contribution is 0.585. The topological polar surface area (TPSA) is 59.6 Å². The molecule has 2 aromatic rings. The monoisotopic (exact) mass is 265 g/mol. The second-order valence-electron chi connectivity index (χ2n) is 4.31. The number of benzene rings is 2. The lowest BCUT2D eigenvalue weighted by Gasteiger charge is -2.07. The maximum Gasteiger partial charge on any atom is 0.145 e. The van der Waals surface area contributed by atoms with Crippen LogP contribution in [0, 0.1) is 28.5 Å². The Kier molecular flexibility index (Phi) is 4.44. The van der Waals surface area contributed by atoms with Crippen LogP contribution < -0.4 is 5.32 Å². The first-order chi connectivity index (χ1) is 9.74. The van der Waals surface area contributed by atoms with E-state index in [1.54, 1.807) is 24.3 Å². The molecule has 0 saturated heterocycles. The first-order valence-electron chi connectivity index (χ1n) is 6.12. The van der Waals surface area contributed by atoms with Gasteiger partial charge in [-0.2, -0.15) is 10.5 Å². The largest absolute Gasteiger partial charge is 0.309 e. The van der Waals surface area contributed by atoms with Gasteiger partial charge >= 0.3 is 0 Å². The Balaban J connectivity index is 2.00. The number of nitrogens with one attached hydrogen (secondary N) is 1. The molecule has 0 amide bonds. The summed E-state index contributed by atoms with van der Waals surface area (Å²) >= 11 is 0. The van der Waals surface area contributed by atoms with Crippen LogP contribution in [0.25, 0.3) is 0 Å². The van der Waals surface area contributed by atoms with Crippen LogP contribution in [0.1, 0.15) is 22.3 Å². The first-order valence-corrected chi connectivity index (χ1v) is 6.12. The quantitative estimate of drug-likeness (QED) is 0.924. The normalized spacial score (nSPS) is 9.75. The van der Waals surface area contributed by atoms with Crippen LogP contribution in [0.2, 0.25) is 0 Å². The highest BCUT2D eigenvalue weighted by Crippen LogP contribution is 2.12. The van der Waals surface area contributed by atoms with Crippen molar-refractivity contribution in [2.24, 2.45) is 0 Å². The van der Waals surface area contributed by atoms with Crippen LogP contribution >= 0.6 is 0 Å². The fraction of sp³-hybridized carbons (Fsp3) is 0.125. The molecule has 0 heterocycles. The molecule has 0 spiro atoms. The molecule has 3 nitrogen and oxygen atoms in total. The zero-order valence-electron chi connectivity index (χ0n) is 10.7. The van der Waals surface area contributed by atoms with Gasteiger partial charge < -0.3 is 5.32 Å². The zero-order valence-corrected chi connectivity index (χ0v) is 10.7. The molecule has 0 aliphatic rings. The van der Waals surface area contributed by atoms with E-state index >= 15 is 0 Å². The standard InChI is InChI=1S/C16H12FN3/c17-16-14(9-19)5-2-6-15(16)11-20-10-13-4-1-3-12(7-13)8-18/h1-7,20H,10-11H2. The predicted molar refractivity (Wildman–Crippen MR) is 72.8 cm³/mol. The van der Waals surface area contributed by atoms with E-state index in [9.17, 15) is 4.39 Å². The number of nitrogens with zero attached hydrogens (tertiary/aromatic N) is 2.